The van der Waals surface area contributed by atoms with Gasteiger partial charge in [-0.3, -0.25) is 9.59 Å². The highest BCUT2D eigenvalue weighted by molar-refractivity contribution is 14.1. The maximum atomic E-state index is 13.0. The molecule has 1 N–H and O–H groups in total. The average molecular weight is 604 g/mol. The molecule has 33 heavy (non-hydrogen) atoms. The van der Waals surface area contributed by atoms with E-state index in [1.165, 1.54) is 11.8 Å². The number of thioether (sulfide) groups is 1. The predicted molar refractivity (Wildman–Crippen MR) is 141 cm³/mol. The standard InChI is InChI=1S/C24H27ClINO5S/c1-30-22-20-13-8-10-18(33-4)17(28)12-15(13)16(27-19(29)6-5-11-25)9-7-14(20)21(26)23(31-2)24(22)32-3/h8,10,12,16H,5-7,9,11H2,1-4H3,(H,27,29)/t16-/m0/s1. The molecule has 0 saturated carbocycles. The minimum absolute atomic E-state index is 0.0821. The Kier molecular flexibility index (Phi) is 9.17. The molecule has 6 nitrogen and oxygen atoms in total. The first-order valence-electron chi connectivity index (χ1n) is 10.5. The molecule has 0 spiro atoms. The van der Waals surface area contributed by atoms with Crippen molar-refractivity contribution in [3.05, 3.63) is 43.1 Å². The molecule has 0 radical (unpaired) electrons. The van der Waals surface area contributed by atoms with Crippen molar-refractivity contribution in [1.29, 1.82) is 0 Å². The van der Waals surface area contributed by atoms with Crippen molar-refractivity contribution in [2.45, 2.75) is 36.6 Å². The maximum absolute atomic E-state index is 13.0. The van der Waals surface area contributed by atoms with Crippen LogP contribution < -0.4 is 25.0 Å². The number of benzene rings is 1. The van der Waals surface area contributed by atoms with Crippen LogP contribution in [-0.2, 0) is 11.2 Å². The fourth-order valence-corrected chi connectivity index (χ4v) is 5.78. The molecule has 178 valence electrons. The maximum Gasteiger partial charge on any atom is 0.220 e. The van der Waals surface area contributed by atoms with E-state index in [1.54, 1.807) is 27.4 Å². The van der Waals surface area contributed by atoms with Crippen LogP contribution in [0.2, 0.25) is 0 Å². The average Bonchev–Trinajstić information content (AvgIpc) is 3.06. The van der Waals surface area contributed by atoms with Gasteiger partial charge in [-0.2, -0.15) is 0 Å². The summed E-state index contributed by atoms with van der Waals surface area (Å²) in [6.45, 7) is 0. The van der Waals surface area contributed by atoms with Crippen LogP contribution in [0.3, 0.4) is 0 Å². The number of amides is 1. The molecule has 0 heterocycles. The third-order valence-corrected chi connectivity index (χ3v) is 7.87. The summed E-state index contributed by atoms with van der Waals surface area (Å²) in [7, 11) is 4.77. The zero-order valence-corrected chi connectivity index (χ0v) is 22.8. The first kappa shape index (κ1) is 26.0. The second-order valence-electron chi connectivity index (χ2n) is 7.50. The Morgan fingerprint density at radius 2 is 1.88 bits per heavy atom. The van der Waals surface area contributed by atoms with Gasteiger partial charge in [0.15, 0.2) is 16.9 Å². The molecule has 1 amide bonds. The molecule has 0 aliphatic heterocycles. The monoisotopic (exact) mass is 603 g/mol. The minimum atomic E-state index is -0.331. The quantitative estimate of drug-likeness (QED) is 0.254. The molecular formula is C24H27ClINO5S. The smallest absolute Gasteiger partial charge is 0.220 e. The SMILES string of the molecule is COc1c(I)c2c(c(OC)c1OC)-c1ccc(SC)c(=O)cc1[C@@H](NC(=O)CCCCl)CC2. The van der Waals surface area contributed by atoms with E-state index in [2.05, 4.69) is 27.9 Å². The molecule has 3 rings (SSSR count). The lowest BCUT2D eigenvalue weighted by Gasteiger charge is -2.21. The van der Waals surface area contributed by atoms with Crippen LogP contribution in [0.1, 0.15) is 36.4 Å². The molecule has 1 aliphatic carbocycles. The molecule has 1 aliphatic rings. The largest absolute Gasteiger partial charge is 0.492 e. The third kappa shape index (κ3) is 5.22. The zero-order valence-electron chi connectivity index (χ0n) is 19.1. The van der Waals surface area contributed by atoms with Gasteiger partial charge in [0, 0.05) is 17.9 Å². The van der Waals surface area contributed by atoms with Gasteiger partial charge in [0.1, 0.15) is 0 Å². The van der Waals surface area contributed by atoms with Crippen LogP contribution >= 0.6 is 46.0 Å². The topological polar surface area (TPSA) is 73.9 Å². The number of nitrogens with one attached hydrogen (secondary N) is 1. The minimum Gasteiger partial charge on any atom is -0.492 e. The van der Waals surface area contributed by atoms with Crippen molar-refractivity contribution >= 4 is 51.9 Å². The Morgan fingerprint density at radius 1 is 1.18 bits per heavy atom. The summed E-state index contributed by atoms with van der Waals surface area (Å²) in [4.78, 5) is 26.2. The number of carbonyl (C=O) groups excluding carboxylic acids is 1. The first-order valence-corrected chi connectivity index (χ1v) is 13.3. The summed E-state index contributed by atoms with van der Waals surface area (Å²) in [5.74, 6) is 1.99. The third-order valence-electron chi connectivity index (χ3n) is 5.68. The van der Waals surface area contributed by atoms with E-state index in [0.29, 0.717) is 53.7 Å². The van der Waals surface area contributed by atoms with Crippen LogP contribution in [0.5, 0.6) is 17.2 Å². The first-order chi connectivity index (χ1) is 15.9. The number of methoxy groups -OCH3 is 3. The number of fused-ring (bicyclic) bond motifs is 3. The number of rotatable bonds is 8. The predicted octanol–water partition coefficient (Wildman–Crippen LogP) is 5.19. The highest BCUT2D eigenvalue weighted by Gasteiger charge is 2.32. The van der Waals surface area contributed by atoms with E-state index in [-0.39, 0.29) is 17.4 Å². The van der Waals surface area contributed by atoms with E-state index in [4.69, 9.17) is 25.8 Å². The molecule has 0 saturated heterocycles. The Morgan fingerprint density at radius 3 is 2.48 bits per heavy atom. The van der Waals surface area contributed by atoms with Gasteiger partial charge < -0.3 is 19.5 Å². The number of halogens is 2. The van der Waals surface area contributed by atoms with Gasteiger partial charge in [0.25, 0.3) is 0 Å². The van der Waals surface area contributed by atoms with E-state index in [0.717, 1.165) is 25.8 Å². The second kappa shape index (κ2) is 11.7. The van der Waals surface area contributed by atoms with Crippen LogP contribution in [-0.4, -0.2) is 39.4 Å². The molecule has 0 aromatic heterocycles. The molecule has 0 fully saturated rings. The molecular weight excluding hydrogens is 577 g/mol. The van der Waals surface area contributed by atoms with E-state index in [9.17, 15) is 9.59 Å². The second-order valence-corrected chi connectivity index (χ2v) is 9.80. The summed E-state index contributed by atoms with van der Waals surface area (Å²) in [5, 5.41) is 3.13. The molecule has 0 unspecified atom stereocenters. The molecule has 2 aromatic rings. The lowest BCUT2D eigenvalue weighted by Crippen LogP contribution is -2.29. The highest BCUT2D eigenvalue weighted by atomic mass is 127. The van der Waals surface area contributed by atoms with Crippen molar-refractivity contribution in [2.75, 3.05) is 33.5 Å². The summed E-state index contributed by atoms with van der Waals surface area (Å²) < 4.78 is 18.1. The van der Waals surface area contributed by atoms with Crippen LogP contribution in [0.15, 0.2) is 27.9 Å². The van der Waals surface area contributed by atoms with E-state index >= 15 is 0 Å². The summed E-state index contributed by atoms with van der Waals surface area (Å²) in [5.41, 5.74) is 3.40. The molecule has 0 bridgehead atoms. The Hall–Kier alpha value is -1.65. The number of carbonyl (C=O) groups is 1. The lowest BCUT2D eigenvalue weighted by molar-refractivity contribution is -0.121. The summed E-state index contributed by atoms with van der Waals surface area (Å²) >= 11 is 9.44. The van der Waals surface area contributed by atoms with Gasteiger partial charge in [-0.25, -0.2) is 0 Å². The Labute approximate surface area is 216 Å². The molecule has 9 heteroatoms. The lowest BCUT2D eigenvalue weighted by atomic mass is 9.95. The summed E-state index contributed by atoms with van der Waals surface area (Å²) in [6, 6.07) is 5.08. The van der Waals surface area contributed by atoms with Gasteiger partial charge >= 0.3 is 0 Å². The van der Waals surface area contributed by atoms with E-state index in [1.807, 2.05) is 18.4 Å². The number of hydrogen-bond donors (Lipinski definition) is 1. The van der Waals surface area contributed by atoms with Gasteiger partial charge in [0.2, 0.25) is 11.7 Å². The number of alkyl halides is 1. The van der Waals surface area contributed by atoms with Gasteiger partial charge in [-0.15, -0.1) is 23.4 Å². The zero-order chi connectivity index (χ0) is 24.1. The summed E-state index contributed by atoms with van der Waals surface area (Å²) in [6.07, 6.45) is 4.09. The van der Waals surface area contributed by atoms with Crippen LogP contribution in [0, 0.1) is 3.57 Å². The van der Waals surface area contributed by atoms with Gasteiger partial charge in [0.05, 0.1) is 35.8 Å². The highest BCUT2D eigenvalue weighted by Crippen LogP contribution is 2.52. The van der Waals surface area contributed by atoms with Crippen LogP contribution in [0.25, 0.3) is 11.1 Å². The van der Waals surface area contributed by atoms with Crippen molar-refractivity contribution in [3.63, 3.8) is 0 Å². The molecule has 1 atom stereocenters. The van der Waals surface area contributed by atoms with Crippen molar-refractivity contribution < 1.29 is 19.0 Å². The van der Waals surface area contributed by atoms with Crippen molar-refractivity contribution in [2.24, 2.45) is 0 Å². The van der Waals surface area contributed by atoms with Crippen molar-refractivity contribution in [1.82, 2.24) is 5.32 Å². The van der Waals surface area contributed by atoms with E-state index < -0.39 is 0 Å². The van der Waals surface area contributed by atoms with Gasteiger partial charge in [-0.1, -0.05) is 6.07 Å². The van der Waals surface area contributed by atoms with Crippen LogP contribution in [0.4, 0.5) is 0 Å². The fourth-order valence-electron chi connectivity index (χ4n) is 4.18. The van der Waals surface area contributed by atoms with Crippen molar-refractivity contribution in [3.8, 4) is 28.4 Å². The Bertz CT molecular complexity index is 1110. The number of hydrogen-bond acceptors (Lipinski definition) is 6. The van der Waals surface area contributed by atoms with Gasteiger partial charge in [-0.05, 0) is 76.9 Å². The number of ether oxygens (including phenoxy) is 3. The Balaban J connectivity index is 2.34. The fraction of sp³-hybridized carbons (Fsp3) is 0.417. The normalized spacial score (nSPS) is 14.5. The molecule has 2 aromatic carbocycles.